The number of aromatic amines is 2. The van der Waals surface area contributed by atoms with Crippen LogP contribution in [0.1, 0.15) is 49.4 Å². The number of aromatic nitrogens is 5. The molecule has 4 N–H and O–H groups in total. The fourth-order valence-corrected chi connectivity index (χ4v) is 5.62. The predicted octanol–water partition coefficient (Wildman–Crippen LogP) is 5.53. The van der Waals surface area contributed by atoms with Crippen LogP contribution in [0.5, 0.6) is 0 Å². The molecule has 0 aliphatic carbocycles. The van der Waals surface area contributed by atoms with E-state index in [4.69, 9.17) is 4.98 Å². The van der Waals surface area contributed by atoms with E-state index in [0.717, 1.165) is 82.1 Å². The molecule has 2 aliphatic heterocycles. The van der Waals surface area contributed by atoms with Crippen LogP contribution in [0.15, 0.2) is 67.1 Å². The van der Waals surface area contributed by atoms with E-state index >= 15 is 0 Å². The molecule has 5 aromatic rings. The maximum absolute atomic E-state index is 4.79. The Morgan fingerprint density at radius 1 is 0.639 bits per heavy atom. The van der Waals surface area contributed by atoms with Crippen molar-refractivity contribution >= 4 is 10.9 Å². The lowest BCUT2D eigenvalue weighted by molar-refractivity contribution is 0.613. The zero-order valence-corrected chi connectivity index (χ0v) is 20.1. The number of imidazole rings is 2. The highest BCUT2D eigenvalue weighted by atomic mass is 15.0. The smallest absolute Gasteiger partial charge is 0.123 e. The molecular formula is C29H29N7. The van der Waals surface area contributed by atoms with Gasteiger partial charge in [0.05, 0.1) is 41.4 Å². The number of pyridine rings is 1. The molecule has 0 saturated carbocycles. The van der Waals surface area contributed by atoms with Crippen LogP contribution in [0, 0.1) is 0 Å². The second kappa shape index (κ2) is 9.00. The van der Waals surface area contributed by atoms with Gasteiger partial charge >= 0.3 is 0 Å². The summed E-state index contributed by atoms with van der Waals surface area (Å²) in [5.74, 6) is 2.05. The molecule has 2 aromatic carbocycles. The first-order valence-corrected chi connectivity index (χ1v) is 12.9. The molecule has 3 aromatic heterocycles. The van der Waals surface area contributed by atoms with Crippen LogP contribution < -0.4 is 10.6 Å². The van der Waals surface area contributed by atoms with Crippen LogP contribution in [0.25, 0.3) is 44.5 Å². The Bertz CT molecular complexity index is 1500. The van der Waals surface area contributed by atoms with E-state index in [0.29, 0.717) is 12.1 Å². The molecule has 2 aliphatic rings. The lowest BCUT2D eigenvalue weighted by Gasteiger charge is -2.11. The molecular weight excluding hydrogens is 446 g/mol. The summed E-state index contributed by atoms with van der Waals surface area (Å²) >= 11 is 0. The molecule has 2 unspecified atom stereocenters. The Labute approximate surface area is 209 Å². The minimum Gasteiger partial charge on any atom is -0.341 e. The molecule has 0 bridgehead atoms. The molecule has 36 heavy (non-hydrogen) atoms. The van der Waals surface area contributed by atoms with Gasteiger partial charge in [0.15, 0.2) is 0 Å². The van der Waals surface area contributed by atoms with Gasteiger partial charge in [-0.05, 0) is 56.0 Å². The molecule has 2 saturated heterocycles. The third-order valence-corrected chi connectivity index (χ3v) is 7.54. The lowest BCUT2D eigenvalue weighted by atomic mass is 9.96. The van der Waals surface area contributed by atoms with E-state index in [-0.39, 0.29) is 0 Å². The van der Waals surface area contributed by atoms with Gasteiger partial charge in [0.2, 0.25) is 0 Å². The number of fused-ring (bicyclic) bond motifs is 1. The van der Waals surface area contributed by atoms with Crippen LogP contribution in [0.4, 0.5) is 0 Å². The Morgan fingerprint density at radius 3 is 1.97 bits per heavy atom. The van der Waals surface area contributed by atoms with Crippen molar-refractivity contribution in [3.63, 3.8) is 0 Å². The number of H-pyrrole nitrogens is 2. The van der Waals surface area contributed by atoms with Crippen molar-refractivity contribution in [3.8, 4) is 33.6 Å². The van der Waals surface area contributed by atoms with Gasteiger partial charge in [-0.25, -0.2) is 9.97 Å². The second-order valence-corrected chi connectivity index (χ2v) is 9.80. The first-order chi connectivity index (χ1) is 17.8. The fraction of sp³-hybridized carbons (Fsp3) is 0.276. The maximum atomic E-state index is 4.79. The summed E-state index contributed by atoms with van der Waals surface area (Å²) in [5.41, 5.74) is 7.61. The van der Waals surface area contributed by atoms with Crippen molar-refractivity contribution in [2.45, 2.75) is 37.8 Å². The summed E-state index contributed by atoms with van der Waals surface area (Å²) in [7, 11) is 0. The highest BCUT2D eigenvalue weighted by Gasteiger charge is 2.21. The topological polar surface area (TPSA) is 94.3 Å². The Morgan fingerprint density at radius 2 is 1.28 bits per heavy atom. The molecule has 5 heterocycles. The number of rotatable bonds is 5. The van der Waals surface area contributed by atoms with Gasteiger partial charge in [-0.2, -0.15) is 0 Å². The van der Waals surface area contributed by atoms with E-state index in [1.807, 2.05) is 24.7 Å². The molecule has 2 fully saturated rings. The van der Waals surface area contributed by atoms with Gasteiger partial charge in [0.1, 0.15) is 11.6 Å². The molecule has 7 heteroatoms. The predicted molar refractivity (Wildman–Crippen MR) is 142 cm³/mol. The van der Waals surface area contributed by atoms with Crippen molar-refractivity contribution in [1.29, 1.82) is 0 Å². The molecule has 2 atom stereocenters. The normalized spacial score (nSPS) is 19.9. The van der Waals surface area contributed by atoms with Gasteiger partial charge in [-0.15, -0.1) is 0 Å². The Hall–Kier alpha value is -3.81. The van der Waals surface area contributed by atoms with Crippen molar-refractivity contribution in [2.24, 2.45) is 0 Å². The zero-order chi connectivity index (χ0) is 23.9. The third kappa shape index (κ3) is 3.81. The Balaban J connectivity index is 1.21. The summed E-state index contributed by atoms with van der Waals surface area (Å²) in [6.07, 6.45) is 10.4. The van der Waals surface area contributed by atoms with Gasteiger partial charge in [0.25, 0.3) is 0 Å². The molecule has 7 nitrogen and oxygen atoms in total. The van der Waals surface area contributed by atoms with E-state index in [1.54, 1.807) is 0 Å². The van der Waals surface area contributed by atoms with Crippen LogP contribution in [0.2, 0.25) is 0 Å². The third-order valence-electron chi connectivity index (χ3n) is 7.54. The largest absolute Gasteiger partial charge is 0.341 e. The van der Waals surface area contributed by atoms with Gasteiger partial charge in [0, 0.05) is 22.7 Å². The van der Waals surface area contributed by atoms with Crippen molar-refractivity contribution in [1.82, 2.24) is 35.6 Å². The van der Waals surface area contributed by atoms with Crippen molar-refractivity contribution in [2.75, 3.05) is 13.1 Å². The van der Waals surface area contributed by atoms with Crippen LogP contribution in [-0.2, 0) is 0 Å². The van der Waals surface area contributed by atoms with Crippen LogP contribution >= 0.6 is 0 Å². The highest BCUT2D eigenvalue weighted by molar-refractivity contribution is 6.02. The number of benzene rings is 2. The lowest BCUT2D eigenvalue weighted by Crippen LogP contribution is -2.14. The van der Waals surface area contributed by atoms with Crippen molar-refractivity contribution in [3.05, 3.63) is 78.8 Å². The molecule has 0 amide bonds. The minimum atomic E-state index is 0.321. The first-order valence-electron chi connectivity index (χ1n) is 12.9. The monoisotopic (exact) mass is 475 g/mol. The molecule has 0 spiro atoms. The number of nitrogens with zero attached hydrogens (tertiary/aromatic N) is 3. The van der Waals surface area contributed by atoms with Crippen LogP contribution in [0.3, 0.4) is 0 Å². The van der Waals surface area contributed by atoms with E-state index in [2.05, 4.69) is 73.0 Å². The van der Waals surface area contributed by atoms with Gasteiger partial charge < -0.3 is 20.6 Å². The van der Waals surface area contributed by atoms with E-state index in [1.165, 1.54) is 12.8 Å². The quantitative estimate of drug-likeness (QED) is 0.268. The number of nitrogens with one attached hydrogen (secondary N) is 4. The summed E-state index contributed by atoms with van der Waals surface area (Å²) < 4.78 is 0. The Kier molecular flexibility index (Phi) is 5.37. The number of hydrogen-bond donors (Lipinski definition) is 4. The summed E-state index contributed by atoms with van der Waals surface area (Å²) in [4.78, 5) is 21.1. The number of hydrogen-bond acceptors (Lipinski definition) is 5. The average Bonchev–Trinajstić information content (AvgIpc) is 3.75. The summed E-state index contributed by atoms with van der Waals surface area (Å²) in [5, 5.41) is 8.15. The van der Waals surface area contributed by atoms with Gasteiger partial charge in [-0.1, -0.05) is 42.5 Å². The molecule has 180 valence electrons. The average molecular weight is 476 g/mol. The zero-order valence-electron chi connectivity index (χ0n) is 20.1. The second-order valence-electron chi connectivity index (χ2n) is 9.80. The standard InChI is InChI=1S/C29H29N7/c1-4-22-21(26-17-34-29(36-26)24-6-3-14-31-24)12-11-20(27(22)32-15-1)18-7-9-19(10-8-18)25-16-33-28(35-25)23-5-2-13-30-23/h1,4,7-12,15-17,23-24,30-31H,2-3,5-6,13-14H2,(H,33,35)(H,34,36). The maximum Gasteiger partial charge on any atom is 0.123 e. The van der Waals surface area contributed by atoms with E-state index < -0.39 is 0 Å². The van der Waals surface area contributed by atoms with Gasteiger partial charge in [-0.3, -0.25) is 4.98 Å². The minimum absolute atomic E-state index is 0.321. The van der Waals surface area contributed by atoms with Crippen molar-refractivity contribution < 1.29 is 0 Å². The molecule has 7 rings (SSSR count). The SMILES string of the molecule is c1cnc2c(-c3ccc(-c4cnc(C5CCCN5)[nH]4)cc3)ccc(-c3cnc(C4CCCN4)[nH]3)c2c1. The van der Waals surface area contributed by atoms with Crippen LogP contribution in [-0.4, -0.2) is 38.0 Å². The first kappa shape index (κ1) is 21.5. The summed E-state index contributed by atoms with van der Waals surface area (Å²) in [6.45, 7) is 2.12. The van der Waals surface area contributed by atoms with E-state index in [9.17, 15) is 0 Å². The fourth-order valence-electron chi connectivity index (χ4n) is 5.62. The summed E-state index contributed by atoms with van der Waals surface area (Å²) in [6, 6.07) is 17.8. The highest BCUT2D eigenvalue weighted by Crippen LogP contribution is 2.35. The molecule has 0 radical (unpaired) electrons.